The minimum Gasteiger partial charge on any atom is -0.383 e. The van der Waals surface area contributed by atoms with Crippen molar-refractivity contribution in [2.24, 2.45) is 5.41 Å². The summed E-state index contributed by atoms with van der Waals surface area (Å²) >= 11 is 0. The summed E-state index contributed by atoms with van der Waals surface area (Å²) in [7, 11) is 1.59. The lowest BCUT2D eigenvalue weighted by Crippen LogP contribution is -2.30. The first-order chi connectivity index (χ1) is 10.8. The Labute approximate surface area is 136 Å². The maximum Gasteiger partial charge on any atom is 0.240 e. The summed E-state index contributed by atoms with van der Waals surface area (Å²) in [5.74, 6) is -0.0233. The molecule has 0 saturated carbocycles. The number of carbonyl (C=O) groups is 2. The number of benzene rings is 1. The number of aromatic nitrogens is 1. The Morgan fingerprint density at radius 1 is 1.22 bits per heavy atom. The molecule has 2 aromatic rings. The average molecular weight is 316 g/mol. The molecule has 0 aliphatic carbocycles. The Morgan fingerprint density at radius 2 is 1.91 bits per heavy atom. The molecule has 1 aromatic heterocycles. The summed E-state index contributed by atoms with van der Waals surface area (Å²) in [4.78, 5) is 24.7. The van der Waals surface area contributed by atoms with Gasteiger partial charge < -0.3 is 14.6 Å². The number of carbonyl (C=O) groups excluding carboxylic acids is 2. The molecule has 1 N–H and O–H groups in total. The number of nitrogens with zero attached hydrogens (tertiary/aromatic N) is 1. The Bertz CT molecular complexity index is 711. The van der Waals surface area contributed by atoms with E-state index in [0.717, 1.165) is 10.9 Å². The molecule has 2 rings (SSSR count). The molecule has 0 radical (unpaired) electrons. The first kappa shape index (κ1) is 17.2. The number of nitrogens with one attached hydrogen (secondary N) is 1. The van der Waals surface area contributed by atoms with E-state index in [9.17, 15) is 9.59 Å². The van der Waals surface area contributed by atoms with Crippen LogP contribution in [0.5, 0.6) is 0 Å². The van der Waals surface area contributed by atoms with Gasteiger partial charge in [-0.2, -0.15) is 0 Å². The Balaban J connectivity index is 2.31. The smallest absolute Gasteiger partial charge is 0.240 e. The largest absolute Gasteiger partial charge is 0.383 e. The van der Waals surface area contributed by atoms with Gasteiger partial charge in [0.05, 0.1) is 6.61 Å². The van der Waals surface area contributed by atoms with Gasteiger partial charge in [0.25, 0.3) is 0 Å². The van der Waals surface area contributed by atoms with Gasteiger partial charge in [-0.15, -0.1) is 0 Å². The van der Waals surface area contributed by atoms with Crippen molar-refractivity contribution in [3.8, 4) is 0 Å². The summed E-state index contributed by atoms with van der Waals surface area (Å²) in [6.07, 6.45) is 1.79. The molecule has 1 aromatic carbocycles. The Morgan fingerprint density at radius 3 is 2.57 bits per heavy atom. The third kappa shape index (κ3) is 3.99. The first-order valence-electron chi connectivity index (χ1n) is 7.73. The standard InChI is InChI=1S/C18H24N2O3/c1-18(2,3)17(22)14-11-20(12-16(21)19-9-10-23-4)15-8-6-5-7-13(14)15/h5-8,11H,9-10,12H2,1-4H3,(H,19,21). The lowest BCUT2D eigenvalue weighted by molar-refractivity contribution is -0.121. The van der Waals surface area contributed by atoms with Crippen LogP contribution < -0.4 is 5.32 Å². The van der Waals surface area contributed by atoms with Crippen LogP contribution in [0.25, 0.3) is 10.9 Å². The molecule has 1 heterocycles. The maximum absolute atomic E-state index is 12.7. The van der Waals surface area contributed by atoms with Crippen LogP contribution in [0.2, 0.25) is 0 Å². The highest BCUT2D eigenvalue weighted by Crippen LogP contribution is 2.28. The molecule has 1 amide bonds. The zero-order valence-corrected chi connectivity index (χ0v) is 14.2. The molecule has 5 heteroatoms. The van der Waals surface area contributed by atoms with Crippen molar-refractivity contribution < 1.29 is 14.3 Å². The molecule has 0 aliphatic rings. The predicted molar refractivity (Wildman–Crippen MR) is 90.6 cm³/mol. The second-order valence-corrected chi connectivity index (χ2v) is 6.61. The highest BCUT2D eigenvalue weighted by atomic mass is 16.5. The van der Waals surface area contributed by atoms with Gasteiger partial charge in [0.1, 0.15) is 6.54 Å². The van der Waals surface area contributed by atoms with E-state index in [0.29, 0.717) is 18.7 Å². The molecule has 0 spiro atoms. The van der Waals surface area contributed by atoms with Gasteiger partial charge >= 0.3 is 0 Å². The lowest BCUT2D eigenvalue weighted by atomic mass is 9.86. The van der Waals surface area contributed by atoms with Crippen molar-refractivity contribution in [1.29, 1.82) is 0 Å². The van der Waals surface area contributed by atoms with Crippen molar-refractivity contribution in [3.05, 3.63) is 36.0 Å². The zero-order chi connectivity index (χ0) is 17.0. The summed E-state index contributed by atoms with van der Waals surface area (Å²) in [6.45, 7) is 6.84. The molecular formula is C18H24N2O3. The molecule has 5 nitrogen and oxygen atoms in total. The summed E-state index contributed by atoms with van der Waals surface area (Å²) in [5.41, 5.74) is 1.09. The van der Waals surface area contributed by atoms with Gasteiger partial charge in [0.2, 0.25) is 5.91 Å². The topological polar surface area (TPSA) is 60.3 Å². The normalized spacial score (nSPS) is 11.7. The molecule has 0 aliphatic heterocycles. The molecule has 0 unspecified atom stereocenters. The number of ether oxygens (including phenoxy) is 1. The minimum absolute atomic E-state index is 0.0761. The van der Waals surface area contributed by atoms with E-state index in [4.69, 9.17) is 4.74 Å². The summed E-state index contributed by atoms with van der Waals surface area (Å²) < 4.78 is 6.75. The molecule has 0 saturated heterocycles. The highest BCUT2D eigenvalue weighted by Gasteiger charge is 2.26. The van der Waals surface area contributed by atoms with E-state index in [2.05, 4.69) is 5.32 Å². The average Bonchev–Trinajstić information content (AvgIpc) is 2.85. The summed E-state index contributed by atoms with van der Waals surface area (Å²) in [5, 5.41) is 3.68. The van der Waals surface area contributed by atoms with Crippen LogP contribution >= 0.6 is 0 Å². The maximum atomic E-state index is 12.7. The molecule has 0 atom stereocenters. The number of Topliss-reactive ketones (excluding diaryl/α,β-unsaturated/α-hetero) is 1. The third-order valence-electron chi connectivity index (χ3n) is 3.66. The number of ketones is 1. The van der Waals surface area contributed by atoms with Crippen LogP contribution in [0, 0.1) is 5.41 Å². The highest BCUT2D eigenvalue weighted by molar-refractivity contribution is 6.10. The number of rotatable bonds is 6. The van der Waals surface area contributed by atoms with Crippen LogP contribution in [-0.4, -0.2) is 36.5 Å². The number of amides is 1. The summed E-state index contributed by atoms with van der Waals surface area (Å²) in [6, 6.07) is 7.67. The van der Waals surface area contributed by atoms with Crippen molar-refractivity contribution >= 4 is 22.6 Å². The molecule has 124 valence electrons. The zero-order valence-electron chi connectivity index (χ0n) is 14.2. The van der Waals surface area contributed by atoms with E-state index >= 15 is 0 Å². The Kier molecular flexibility index (Phi) is 5.21. The van der Waals surface area contributed by atoms with Gasteiger partial charge in [-0.25, -0.2) is 0 Å². The second-order valence-electron chi connectivity index (χ2n) is 6.61. The van der Waals surface area contributed by atoms with Gasteiger partial charge in [0, 0.05) is 41.7 Å². The van der Waals surface area contributed by atoms with Gasteiger partial charge in [0.15, 0.2) is 5.78 Å². The third-order valence-corrected chi connectivity index (χ3v) is 3.66. The van der Waals surface area contributed by atoms with Crippen LogP contribution in [0.15, 0.2) is 30.5 Å². The number of fused-ring (bicyclic) bond motifs is 1. The van der Waals surface area contributed by atoms with Crippen LogP contribution in [-0.2, 0) is 16.1 Å². The van der Waals surface area contributed by atoms with Crippen LogP contribution in [0.4, 0.5) is 0 Å². The van der Waals surface area contributed by atoms with E-state index in [1.54, 1.807) is 13.3 Å². The number of para-hydroxylation sites is 1. The van der Waals surface area contributed by atoms with E-state index in [1.165, 1.54) is 0 Å². The molecule has 0 fully saturated rings. The van der Waals surface area contributed by atoms with Gasteiger partial charge in [-0.3, -0.25) is 9.59 Å². The van der Waals surface area contributed by atoms with Crippen molar-refractivity contribution in [2.75, 3.05) is 20.3 Å². The van der Waals surface area contributed by atoms with E-state index < -0.39 is 5.41 Å². The number of hydrogen-bond acceptors (Lipinski definition) is 3. The van der Waals surface area contributed by atoms with Crippen LogP contribution in [0.3, 0.4) is 0 Å². The van der Waals surface area contributed by atoms with Crippen molar-refractivity contribution in [3.63, 3.8) is 0 Å². The van der Waals surface area contributed by atoms with Gasteiger partial charge in [-0.05, 0) is 6.07 Å². The van der Waals surface area contributed by atoms with E-state index in [-0.39, 0.29) is 18.2 Å². The number of hydrogen-bond donors (Lipinski definition) is 1. The quantitative estimate of drug-likeness (QED) is 0.658. The SMILES string of the molecule is COCCNC(=O)Cn1cc(C(=O)C(C)(C)C)c2ccccc21. The van der Waals surface area contributed by atoms with Crippen molar-refractivity contribution in [1.82, 2.24) is 9.88 Å². The van der Waals surface area contributed by atoms with E-state index in [1.807, 2.05) is 49.6 Å². The fourth-order valence-corrected chi connectivity index (χ4v) is 2.47. The first-order valence-corrected chi connectivity index (χ1v) is 7.73. The minimum atomic E-state index is -0.463. The Hall–Kier alpha value is -2.14. The van der Waals surface area contributed by atoms with Crippen LogP contribution in [0.1, 0.15) is 31.1 Å². The molecular weight excluding hydrogens is 292 g/mol. The molecule has 23 heavy (non-hydrogen) atoms. The fraction of sp³-hybridized carbons (Fsp3) is 0.444. The van der Waals surface area contributed by atoms with Gasteiger partial charge in [-0.1, -0.05) is 39.0 Å². The monoisotopic (exact) mass is 316 g/mol. The fourth-order valence-electron chi connectivity index (χ4n) is 2.47. The predicted octanol–water partition coefficient (Wildman–Crippen LogP) is 2.63. The molecule has 0 bridgehead atoms. The second kappa shape index (κ2) is 6.96. The lowest BCUT2D eigenvalue weighted by Gasteiger charge is -2.15. The number of methoxy groups -OCH3 is 1. The van der Waals surface area contributed by atoms with Crippen molar-refractivity contribution in [2.45, 2.75) is 27.3 Å².